The van der Waals surface area contributed by atoms with Crippen molar-refractivity contribution in [2.75, 3.05) is 6.54 Å². The van der Waals surface area contributed by atoms with Gasteiger partial charge in [0.2, 0.25) is 5.82 Å². The smallest absolute Gasteiger partial charge is 0.393 e. The normalized spacial score (nSPS) is 18.6. The molecule has 3 atom stereocenters. The molecular formula is C27H26F3N5O4. The van der Waals surface area contributed by atoms with Crippen molar-refractivity contribution in [1.82, 2.24) is 25.2 Å². The van der Waals surface area contributed by atoms with Crippen molar-refractivity contribution in [3.05, 3.63) is 72.1 Å². The first-order valence-electron chi connectivity index (χ1n) is 12.5. The van der Waals surface area contributed by atoms with E-state index in [1.807, 2.05) is 0 Å². The van der Waals surface area contributed by atoms with E-state index in [-0.39, 0.29) is 35.4 Å². The Morgan fingerprint density at radius 3 is 2.51 bits per heavy atom. The average molecular weight is 542 g/mol. The Bertz CT molecular complexity index is 1420. The van der Waals surface area contributed by atoms with E-state index in [1.54, 1.807) is 18.2 Å². The molecule has 39 heavy (non-hydrogen) atoms. The monoisotopic (exact) mass is 541 g/mol. The van der Waals surface area contributed by atoms with Crippen LogP contribution in [-0.2, 0) is 11.0 Å². The second kappa shape index (κ2) is 11.0. The molecular weight excluding hydrogens is 515 g/mol. The first kappa shape index (κ1) is 26.6. The highest BCUT2D eigenvalue weighted by Crippen LogP contribution is 2.38. The predicted octanol–water partition coefficient (Wildman–Crippen LogP) is 4.31. The number of rotatable bonds is 7. The third-order valence-corrected chi connectivity index (χ3v) is 6.84. The Balaban J connectivity index is 1.31. The molecule has 0 radical (unpaired) electrons. The van der Waals surface area contributed by atoms with Crippen LogP contribution in [0.25, 0.3) is 28.5 Å². The summed E-state index contributed by atoms with van der Waals surface area (Å²) in [4.78, 5) is 16.6. The minimum absolute atomic E-state index is 0.0300. The van der Waals surface area contributed by atoms with Crippen molar-refractivity contribution < 1.29 is 32.7 Å². The lowest BCUT2D eigenvalue weighted by Gasteiger charge is -2.28. The van der Waals surface area contributed by atoms with Crippen molar-refractivity contribution >= 4 is 5.91 Å². The molecule has 0 bridgehead atoms. The Morgan fingerprint density at radius 1 is 1.10 bits per heavy atom. The van der Waals surface area contributed by atoms with E-state index >= 15 is 0 Å². The van der Waals surface area contributed by atoms with E-state index in [0.717, 1.165) is 30.1 Å². The molecule has 9 nitrogen and oxygen atoms in total. The largest absolute Gasteiger partial charge is 0.434 e. The number of carbonyl (C=O) groups is 1. The molecule has 0 unspecified atom stereocenters. The molecule has 3 N–H and O–H groups in total. The number of hydrogen-bond acceptors (Lipinski definition) is 7. The van der Waals surface area contributed by atoms with Gasteiger partial charge in [-0.15, -0.1) is 0 Å². The molecule has 1 aliphatic rings. The van der Waals surface area contributed by atoms with E-state index in [2.05, 4.69) is 20.6 Å². The Morgan fingerprint density at radius 2 is 1.82 bits per heavy atom. The van der Waals surface area contributed by atoms with Gasteiger partial charge in [0.15, 0.2) is 11.8 Å². The zero-order valence-corrected chi connectivity index (χ0v) is 20.7. The molecule has 5 rings (SSSR count). The molecule has 204 valence electrons. The van der Waals surface area contributed by atoms with Crippen molar-refractivity contribution in [3.63, 3.8) is 0 Å². The predicted molar refractivity (Wildman–Crippen MR) is 133 cm³/mol. The molecule has 1 aliphatic carbocycles. The highest BCUT2D eigenvalue weighted by atomic mass is 19.4. The van der Waals surface area contributed by atoms with Crippen LogP contribution in [0.1, 0.15) is 43.0 Å². The number of benzene rings is 2. The Labute approximate surface area is 221 Å². The van der Waals surface area contributed by atoms with Gasteiger partial charge in [0.1, 0.15) is 0 Å². The van der Waals surface area contributed by atoms with Crippen LogP contribution >= 0.6 is 0 Å². The summed E-state index contributed by atoms with van der Waals surface area (Å²) in [6.07, 6.45) is -2.14. The van der Waals surface area contributed by atoms with Crippen LogP contribution in [0.3, 0.4) is 0 Å². The van der Waals surface area contributed by atoms with Gasteiger partial charge in [0.05, 0.1) is 23.6 Å². The Kier molecular flexibility index (Phi) is 7.49. The number of carbonyl (C=O) groups excluding carboxylic acids is 1. The molecule has 0 saturated heterocycles. The van der Waals surface area contributed by atoms with Crippen LogP contribution in [0, 0.1) is 5.92 Å². The van der Waals surface area contributed by atoms with Crippen LogP contribution in [0.4, 0.5) is 13.2 Å². The van der Waals surface area contributed by atoms with Crippen molar-refractivity contribution in [2.45, 2.75) is 44.1 Å². The van der Waals surface area contributed by atoms with Gasteiger partial charge in [-0.25, -0.2) is 4.68 Å². The second-order valence-corrected chi connectivity index (χ2v) is 9.46. The topological polar surface area (TPSA) is 126 Å². The molecule has 12 heteroatoms. The van der Waals surface area contributed by atoms with Crippen LogP contribution < -0.4 is 5.32 Å². The summed E-state index contributed by atoms with van der Waals surface area (Å²) in [5.41, 5.74) is -0.460. The van der Waals surface area contributed by atoms with E-state index < -0.39 is 30.0 Å². The SMILES string of the molecule is O=C(NC[C@@H]1CCCC[C@H]1O)[C@H](O)c1ccc(-c2noc(-c3cnn(-c4ccccc4)c3C(F)(F)F)n2)cc1. The van der Waals surface area contributed by atoms with E-state index in [4.69, 9.17) is 4.52 Å². The molecule has 1 saturated carbocycles. The molecule has 2 aromatic heterocycles. The second-order valence-electron chi connectivity index (χ2n) is 9.46. The number of amides is 1. The number of para-hydroxylation sites is 1. The van der Waals surface area contributed by atoms with Gasteiger partial charge < -0.3 is 20.1 Å². The van der Waals surface area contributed by atoms with Crippen LogP contribution in [-0.4, -0.2) is 48.7 Å². The lowest BCUT2D eigenvalue weighted by Crippen LogP contribution is -2.38. The van der Waals surface area contributed by atoms with Gasteiger partial charge in [0, 0.05) is 18.0 Å². The van der Waals surface area contributed by atoms with Crippen LogP contribution in [0.2, 0.25) is 0 Å². The minimum Gasteiger partial charge on any atom is -0.393 e. The van der Waals surface area contributed by atoms with Crippen molar-refractivity contribution in [1.29, 1.82) is 0 Å². The molecule has 1 amide bonds. The van der Waals surface area contributed by atoms with Gasteiger partial charge in [-0.2, -0.15) is 23.3 Å². The van der Waals surface area contributed by atoms with Crippen molar-refractivity contribution in [3.8, 4) is 28.5 Å². The third kappa shape index (κ3) is 5.71. The molecule has 0 aliphatic heterocycles. The summed E-state index contributed by atoms with van der Waals surface area (Å²) >= 11 is 0. The van der Waals surface area contributed by atoms with Crippen molar-refractivity contribution in [2.24, 2.45) is 5.92 Å². The van der Waals surface area contributed by atoms with Gasteiger partial charge in [-0.05, 0) is 30.5 Å². The summed E-state index contributed by atoms with van der Waals surface area (Å²) in [7, 11) is 0. The lowest BCUT2D eigenvalue weighted by molar-refractivity contribution is -0.142. The number of hydrogen-bond donors (Lipinski definition) is 3. The van der Waals surface area contributed by atoms with E-state index in [1.165, 1.54) is 36.4 Å². The van der Waals surface area contributed by atoms with Gasteiger partial charge in [0.25, 0.3) is 11.8 Å². The van der Waals surface area contributed by atoms with Crippen LogP contribution in [0.5, 0.6) is 0 Å². The summed E-state index contributed by atoms with van der Waals surface area (Å²) in [6, 6.07) is 14.0. The van der Waals surface area contributed by atoms with Gasteiger partial charge in [-0.1, -0.05) is 60.5 Å². The zero-order valence-electron chi connectivity index (χ0n) is 20.7. The maximum atomic E-state index is 14.0. The number of aromatic nitrogens is 4. The quantitative estimate of drug-likeness (QED) is 0.318. The fourth-order valence-corrected chi connectivity index (χ4v) is 4.71. The minimum atomic E-state index is -4.75. The number of aliphatic hydroxyl groups is 2. The highest BCUT2D eigenvalue weighted by molar-refractivity contribution is 5.82. The maximum Gasteiger partial charge on any atom is 0.434 e. The average Bonchev–Trinajstić information content (AvgIpc) is 3.60. The van der Waals surface area contributed by atoms with Gasteiger partial charge >= 0.3 is 6.18 Å². The van der Waals surface area contributed by atoms with Gasteiger partial charge in [-0.3, -0.25) is 4.79 Å². The number of halogens is 3. The first-order chi connectivity index (χ1) is 18.7. The summed E-state index contributed by atoms with van der Waals surface area (Å²) in [5, 5.41) is 30.9. The Hall–Kier alpha value is -4.03. The fourth-order valence-electron chi connectivity index (χ4n) is 4.71. The number of alkyl halides is 3. The number of nitrogens with zero attached hydrogens (tertiary/aromatic N) is 4. The zero-order chi connectivity index (χ0) is 27.6. The number of nitrogens with one attached hydrogen (secondary N) is 1. The summed E-state index contributed by atoms with van der Waals surface area (Å²) in [5.74, 6) is -0.949. The molecule has 4 aromatic rings. The summed E-state index contributed by atoms with van der Waals surface area (Å²) in [6.45, 7) is 0.279. The molecule has 1 fully saturated rings. The maximum absolute atomic E-state index is 14.0. The van der Waals surface area contributed by atoms with E-state index in [0.29, 0.717) is 17.5 Å². The van der Waals surface area contributed by atoms with Crippen LogP contribution in [0.15, 0.2) is 65.3 Å². The lowest BCUT2D eigenvalue weighted by atomic mass is 9.86. The molecule has 2 aromatic carbocycles. The standard InChI is InChI=1S/C27H26F3N5O4/c28-27(29,30)23-20(15-32-35(23)19-7-2-1-3-8-19)26-33-24(34-39-26)17-12-10-16(11-13-17)22(37)25(38)31-14-18-6-4-5-9-21(18)36/h1-3,7-8,10-13,15,18,21-22,36-37H,4-6,9,14H2,(H,31,38)/t18-,21+,22+/m0/s1. The number of aliphatic hydroxyl groups excluding tert-OH is 2. The van der Waals surface area contributed by atoms with E-state index in [9.17, 15) is 28.2 Å². The highest BCUT2D eigenvalue weighted by Gasteiger charge is 2.40. The third-order valence-electron chi connectivity index (χ3n) is 6.84. The molecule has 2 heterocycles. The summed E-state index contributed by atoms with van der Waals surface area (Å²) < 4.78 is 47.9. The first-order valence-corrected chi connectivity index (χ1v) is 12.5. The fraction of sp³-hybridized carbons (Fsp3) is 0.333. The molecule has 0 spiro atoms.